The van der Waals surface area contributed by atoms with Crippen molar-refractivity contribution >= 4 is 6.03 Å². The van der Waals surface area contributed by atoms with Gasteiger partial charge in [0, 0.05) is 18.7 Å². The summed E-state index contributed by atoms with van der Waals surface area (Å²) in [6.07, 6.45) is 2.54. The number of aromatic nitrogens is 2. The maximum atomic E-state index is 13.7. The van der Waals surface area contributed by atoms with Gasteiger partial charge in [0.05, 0.1) is 29.6 Å². The van der Waals surface area contributed by atoms with Crippen molar-refractivity contribution in [1.29, 1.82) is 0 Å². The molecule has 1 aliphatic rings. The van der Waals surface area contributed by atoms with Gasteiger partial charge < -0.3 is 19.7 Å². The summed E-state index contributed by atoms with van der Waals surface area (Å²) in [5.41, 5.74) is 1.91. The van der Waals surface area contributed by atoms with E-state index in [2.05, 4.69) is 5.32 Å². The van der Waals surface area contributed by atoms with E-state index < -0.39 is 0 Å². The topological polar surface area (TPSA) is 68.6 Å². The summed E-state index contributed by atoms with van der Waals surface area (Å²) >= 11 is 0. The number of ether oxygens (including phenoxy) is 2. The molecule has 0 unspecified atom stereocenters. The van der Waals surface area contributed by atoms with Gasteiger partial charge in [-0.25, -0.2) is 13.9 Å². The third kappa shape index (κ3) is 6.43. The van der Waals surface area contributed by atoms with Gasteiger partial charge in [0.25, 0.3) is 0 Å². The average Bonchev–Trinajstić information content (AvgIpc) is 3.47. The Morgan fingerprint density at radius 3 is 2.53 bits per heavy atom. The zero-order valence-corrected chi connectivity index (χ0v) is 21.5. The van der Waals surface area contributed by atoms with Crippen LogP contribution in [0.2, 0.25) is 0 Å². The van der Waals surface area contributed by atoms with Crippen molar-refractivity contribution in [2.45, 2.75) is 65.1 Å². The molecule has 1 saturated heterocycles. The summed E-state index contributed by atoms with van der Waals surface area (Å²) in [7, 11) is 0. The first-order valence-electron chi connectivity index (χ1n) is 12.5. The van der Waals surface area contributed by atoms with Crippen LogP contribution in [0, 0.1) is 5.82 Å². The number of aryl methyl sites for hydroxylation is 1. The van der Waals surface area contributed by atoms with Crippen LogP contribution in [0.5, 0.6) is 11.6 Å². The lowest BCUT2D eigenvalue weighted by atomic mass is 10.1. The highest BCUT2D eigenvalue weighted by molar-refractivity contribution is 5.75. The molecule has 3 aromatic rings. The molecule has 0 saturated carbocycles. The van der Waals surface area contributed by atoms with Crippen LogP contribution >= 0.6 is 0 Å². The van der Waals surface area contributed by atoms with Crippen LogP contribution in [-0.2, 0) is 17.7 Å². The molecule has 7 nitrogen and oxygen atoms in total. The van der Waals surface area contributed by atoms with Crippen molar-refractivity contribution in [3.05, 3.63) is 71.7 Å². The van der Waals surface area contributed by atoms with Gasteiger partial charge in [-0.3, -0.25) is 0 Å². The minimum absolute atomic E-state index is 0.00794. The van der Waals surface area contributed by atoms with E-state index in [0.29, 0.717) is 43.4 Å². The van der Waals surface area contributed by atoms with Crippen LogP contribution in [0.1, 0.15) is 51.8 Å². The van der Waals surface area contributed by atoms with Crippen molar-refractivity contribution in [3.8, 4) is 17.3 Å². The maximum absolute atomic E-state index is 13.7. The van der Waals surface area contributed by atoms with E-state index in [1.807, 2.05) is 58.0 Å². The van der Waals surface area contributed by atoms with E-state index in [0.717, 1.165) is 24.1 Å². The number of rotatable bonds is 8. The zero-order valence-electron chi connectivity index (χ0n) is 21.5. The Kier molecular flexibility index (Phi) is 7.94. The highest BCUT2D eigenvalue weighted by Crippen LogP contribution is 2.32. The Morgan fingerprint density at radius 1 is 1.19 bits per heavy atom. The van der Waals surface area contributed by atoms with Crippen molar-refractivity contribution in [2.24, 2.45) is 0 Å². The Balaban J connectivity index is 1.75. The molecule has 8 heteroatoms. The zero-order chi connectivity index (χ0) is 25.7. The average molecular weight is 495 g/mol. The predicted molar refractivity (Wildman–Crippen MR) is 137 cm³/mol. The number of halogens is 1. The normalized spacial score (nSPS) is 15.6. The number of nitrogens with zero attached hydrogens (tertiary/aromatic N) is 3. The van der Waals surface area contributed by atoms with Crippen molar-refractivity contribution in [1.82, 2.24) is 20.0 Å². The molecule has 2 aromatic carbocycles. The highest BCUT2D eigenvalue weighted by atomic mass is 19.1. The Hall–Kier alpha value is -3.39. The number of hydrogen-bond donors (Lipinski definition) is 1. The molecular formula is C28H35FN4O3. The Bertz CT molecular complexity index is 1150. The number of nitrogens with one attached hydrogen (secondary N) is 1. The number of carbonyl (C=O) groups excluding carboxylic acids is 1. The molecule has 192 valence electrons. The van der Waals surface area contributed by atoms with Crippen molar-refractivity contribution in [3.63, 3.8) is 0 Å². The molecule has 1 atom stereocenters. The number of amides is 2. The van der Waals surface area contributed by atoms with Crippen LogP contribution < -0.4 is 10.1 Å². The molecule has 2 heterocycles. The van der Waals surface area contributed by atoms with E-state index in [1.165, 1.54) is 12.1 Å². The lowest BCUT2D eigenvalue weighted by Gasteiger charge is -2.30. The van der Waals surface area contributed by atoms with E-state index in [1.54, 1.807) is 21.7 Å². The van der Waals surface area contributed by atoms with E-state index in [9.17, 15) is 9.18 Å². The number of benzene rings is 2. The van der Waals surface area contributed by atoms with Crippen molar-refractivity contribution < 1.29 is 18.7 Å². The molecule has 0 spiro atoms. The van der Waals surface area contributed by atoms with Crippen LogP contribution in [0.15, 0.2) is 54.6 Å². The fraction of sp³-hybridized carbons (Fsp3) is 0.429. The summed E-state index contributed by atoms with van der Waals surface area (Å²) in [5, 5.41) is 7.91. The predicted octanol–water partition coefficient (Wildman–Crippen LogP) is 5.86. The molecule has 4 rings (SSSR count). The third-order valence-corrected chi connectivity index (χ3v) is 5.95. The fourth-order valence-corrected chi connectivity index (χ4v) is 4.23. The minimum atomic E-state index is -0.388. The molecule has 0 bridgehead atoms. The van der Waals surface area contributed by atoms with Crippen molar-refractivity contribution in [2.75, 3.05) is 13.2 Å². The van der Waals surface area contributed by atoms with E-state index in [-0.39, 0.29) is 23.5 Å². The number of urea groups is 1. The first-order chi connectivity index (χ1) is 17.2. The lowest BCUT2D eigenvalue weighted by molar-refractivity contribution is 0.0779. The molecule has 0 radical (unpaired) electrons. The number of para-hydroxylation sites is 1. The van der Waals surface area contributed by atoms with E-state index >= 15 is 0 Å². The molecule has 36 heavy (non-hydrogen) atoms. The standard InChI is InChI=1S/C28H35FN4O3/c1-5-25-24(19-32(18-23-12-9-17-35-23)27(34)30-28(2,3)4)26(36-22-10-7-6-8-11-22)33(31-25)21-15-13-20(29)14-16-21/h6-8,10-11,13-16,23H,5,9,12,17-19H2,1-4H3,(H,30,34)/t23-/m1/s1. The number of hydrogen-bond acceptors (Lipinski definition) is 4. The second kappa shape index (κ2) is 11.1. The van der Waals surface area contributed by atoms with Crippen LogP contribution in [0.25, 0.3) is 5.69 Å². The van der Waals surface area contributed by atoms with Gasteiger partial charge in [0.1, 0.15) is 11.6 Å². The smallest absolute Gasteiger partial charge is 0.318 e. The van der Waals surface area contributed by atoms with Crippen LogP contribution in [0.4, 0.5) is 9.18 Å². The molecular weight excluding hydrogens is 459 g/mol. The summed E-state index contributed by atoms with van der Waals surface area (Å²) < 4.78 is 27.6. The maximum Gasteiger partial charge on any atom is 0.318 e. The molecule has 1 aliphatic heterocycles. The Morgan fingerprint density at radius 2 is 1.92 bits per heavy atom. The second-order valence-electron chi connectivity index (χ2n) is 10.1. The molecule has 0 aliphatic carbocycles. The summed E-state index contributed by atoms with van der Waals surface area (Å²) in [4.78, 5) is 15.2. The number of carbonyl (C=O) groups is 1. The van der Waals surface area contributed by atoms with E-state index in [4.69, 9.17) is 14.6 Å². The SMILES string of the molecule is CCc1nn(-c2ccc(F)cc2)c(Oc2ccccc2)c1CN(C[C@H]1CCCO1)C(=O)NC(C)(C)C. The van der Waals surface area contributed by atoms with Gasteiger partial charge in [-0.2, -0.15) is 5.10 Å². The minimum Gasteiger partial charge on any atom is -0.439 e. The molecule has 1 N–H and O–H groups in total. The quantitative estimate of drug-likeness (QED) is 0.426. The first kappa shape index (κ1) is 25.7. The monoisotopic (exact) mass is 494 g/mol. The van der Waals surface area contributed by atoms with Gasteiger partial charge in [0.15, 0.2) is 0 Å². The van der Waals surface area contributed by atoms with Gasteiger partial charge in [-0.15, -0.1) is 0 Å². The van der Waals surface area contributed by atoms with Gasteiger partial charge in [-0.1, -0.05) is 25.1 Å². The van der Waals surface area contributed by atoms with Gasteiger partial charge in [-0.05, 0) is 76.4 Å². The van der Waals surface area contributed by atoms with Gasteiger partial charge >= 0.3 is 6.03 Å². The summed E-state index contributed by atoms with van der Waals surface area (Å²) in [6, 6.07) is 15.4. The highest BCUT2D eigenvalue weighted by Gasteiger charge is 2.29. The summed E-state index contributed by atoms with van der Waals surface area (Å²) in [5.74, 6) is 0.828. The van der Waals surface area contributed by atoms with Crippen LogP contribution in [-0.4, -0.2) is 45.5 Å². The Labute approximate surface area is 212 Å². The fourth-order valence-electron chi connectivity index (χ4n) is 4.23. The third-order valence-electron chi connectivity index (χ3n) is 5.95. The second-order valence-corrected chi connectivity index (χ2v) is 10.1. The molecule has 2 amide bonds. The summed E-state index contributed by atoms with van der Waals surface area (Å²) in [6.45, 7) is 9.39. The largest absolute Gasteiger partial charge is 0.439 e. The van der Waals surface area contributed by atoms with Gasteiger partial charge in [0.2, 0.25) is 5.88 Å². The lowest BCUT2D eigenvalue weighted by Crippen LogP contribution is -2.50. The first-order valence-corrected chi connectivity index (χ1v) is 12.5. The molecule has 1 fully saturated rings. The van der Waals surface area contributed by atoms with Crippen LogP contribution in [0.3, 0.4) is 0 Å². The molecule has 1 aromatic heterocycles.